The van der Waals surface area contributed by atoms with Gasteiger partial charge in [-0.15, -0.1) is 0 Å². The molecule has 0 fully saturated rings. The number of carbonyl (C=O) groups is 1. The van der Waals surface area contributed by atoms with Gasteiger partial charge in [-0.05, 0) is 24.9 Å². The topological polar surface area (TPSA) is 57.2 Å². The molecule has 0 saturated carbocycles. The summed E-state index contributed by atoms with van der Waals surface area (Å²) in [6.45, 7) is 2.60. The second kappa shape index (κ2) is 2.94. The van der Waals surface area contributed by atoms with Crippen molar-refractivity contribution in [1.82, 2.24) is 0 Å². The SMILES string of the molecule is CC(=O)C(C)S(=O)[O-]. The third-order valence-electron chi connectivity index (χ3n) is 0.861. The van der Waals surface area contributed by atoms with Gasteiger partial charge in [0, 0.05) is 0 Å². The van der Waals surface area contributed by atoms with E-state index in [9.17, 15) is 13.6 Å². The molecule has 48 valence electrons. The van der Waals surface area contributed by atoms with Crippen molar-refractivity contribution in [1.29, 1.82) is 0 Å². The summed E-state index contributed by atoms with van der Waals surface area (Å²) in [5.41, 5.74) is 0. The van der Waals surface area contributed by atoms with Crippen LogP contribution in [0.15, 0.2) is 0 Å². The zero-order valence-electron chi connectivity index (χ0n) is 4.71. The quantitative estimate of drug-likeness (QED) is 0.494. The van der Waals surface area contributed by atoms with Crippen LogP contribution in [0.1, 0.15) is 13.8 Å². The minimum atomic E-state index is -2.24. The van der Waals surface area contributed by atoms with E-state index in [1.165, 1.54) is 13.8 Å². The molecule has 0 amide bonds. The molecule has 0 aliphatic heterocycles. The Morgan fingerprint density at radius 2 is 2.12 bits per heavy atom. The lowest BCUT2D eigenvalue weighted by atomic mass is 10.3. The van der Waals surface area contributed by atoms with Gasteiger partial charge in [-0.1, -0.05) is 0 Å². The Morgan fingerprint density at radius 3 is 2.12 bits per heavy atom. The van der Waals surface area contributed by atoms with E-state index >= 15 is 0 Å². The average molecular weight is 135 g/mol. The molecule has 0 bridgehead atoms. The summed E-state index contributed by atoms with van der Waals surface area (Å²) in [7, 11) is 0. The van der Waals surface area contributed by atoms with Gasteiger partial charge in [0.1, 0.15) is 5.78 Å². The van der Waals surface area contributed by atoms with Gasteiger partial charge in [0.2, 0.25) is 0 Å². The van der Waals surface area contributed by atoms with Gasteiger partial charge in [0.15, 0.2) is 0 Å². The second-order valence-corrected chi connectivity index (χ2v) is 2.74. The maximum Gasteiger partial charge on any atom is 0.143 e. The Hall–Kier alpha value is -0.220. The summed E-state index contributed by atoms with van der Waals surface area (Å²) in [6.07, 6.45) is 0. The highest BCUT2D eigenvalue weighted by molar-refractivity contribution is 7.80. The van der Waals surface area contributed by atoms with E-state index < -0.39 is 16.3 Å². The predicted molar refractivity (Wildman–Crippen MR) is 29.1 cm³/mol. The molecule has 4 heteroatoms. The monoisotopic (exact) mass is 135 g/mol. The van der Waals surface area contributed by atoms with Gasteiger partial charge in [-0.25, -0.2) is 0 Å². The first kappa shape index (κ1) is 7.78. The van der Waals surface area contributed by atoms with Crippen LogP contribution < -0.4 is 0 Å². The van der Waals surface area contributed by atoms with Crippen LogP contribution in [-0.4, -0.2) is 19.8 Å². The Labute approximate surface area is 50.4 Å². The number of hydrogen-bond acceptors (Lipinski definition) is 3. The summed E-state index contributed by atoms with van der Waals surface area (Å²) in [5, 5.41) is -0.852. The molecule has 0 spiro atoms. The first-order valence-corrected chi connectivity index (χ1v) is 3.28. The first-order chi connectivity index (χ1) is 3.55. The van der Waals surface area contributed by atoms with Crippen LogP contribution in [0.5, 0.6) is 0 Å². The summed E-state index contributed by atoms with van der Waals surface area (Å²) in [6, 6.07) is 0. The molecule has 8 heavy (non-hydrogen) atoms. The Kier molecular flexibility index (Phi) is 2.86. The van der Waals surface area contributed by atoms with E-state index in [2.05, 4.69) is 0 Å². The average Bonchev–Trinajstić information content (AvgIpc) is 1.64. The molecular weight excluding hydrogens is 128 g/mol. The number of ketones is 1. The van der Waals surface area contributed by atoms with Gasteiger partial charge < -0.3 is 4.55 Å². The zero-order valence-corrected chi connectivity index (χ0v) is 5.53. The van der Waals surface area contributed by atoms with E-state index in [1.54, 1.807) is 0 Å². The minimum absolute atomic E-state index is 0.321. The van der Waals surface area contributed by atoms with Crippen molar-refractivity contribution in [2.75, 3.05) is 0 Å². The van der Waals surface area contributed by atoms with Gasteiger partial charge >= 0.3 is 0 Å². The van der Waals surface area contributed by atoms with Crippen molar-refractivity contribution >= 4 is 16.9 Å². The molecule has 2 atom stereocenters. The van der Waals surface area contributed by atoms with E-state index in [0.717, 1.165) is 0 Å². The Morgan fingerprint density at radius 1 is 1.75 bits per heavy atom. The fourth-order valence-corrected chi connectivity index (χ4v) is 0.407. The highest BCUT2D eigenvalue weighted by Crippen LogP contribution is 1.91. The van der Waals surface area contributed by atoms with Crippen LogP contribution in [-0.2, 0) is 15.9 Å². The standard InChI is InChI=1S/C4H8O3S/c1-3(5)4(2)8(6)7/h4H,1-2H3,(H,6,7)/p-1. The van der Waals surface area contributed by atoms with Crippen LogP contribution >= 0.6 is 0 Å². The smallest absolute Gasteiger partial charge is 0.143 e. The third-order valence-corrected chi connectivity index (χ3v) is 1.77. The lowest BCUT2D eigenvalue weighted by Gasteiger charge is -2.09. The normalized spacial score (nSPS) is 17.4. The number of Topliss-reactive ketones (excluding diaryl/α,β-unsaturated/α-hetero) is 1. The molecule has 0 aromatic rings. The Bertz CT molecular complexity index is 106. The van der Waals surface area contributed by atoms with Gasteiger partial charge in [0.05, 0.1) is 5.25 Å². The van der Waals surface area contributed by atoms with E-state index in [4.69, 9.17) is 0 Å². The number of rotatable bonds is 2. The third kappa shape index (κ3) is 2.18. The zero-order chi connectivity index (χ0) is 6.73. The second-order valence-electron chi connectivity index (χ2n) is 1.51. The van der Waals surface area contributed by atoms with Crippen molar-refractivity contribution in [2.24, 2.45) is 0 Å². The summed E-state index contributed by atoms with van der Waals surface area (Å²) >= 11 is -2.24. The van der Waals surface area contributed by atoms with Gasteiger partial charge in [-0.3, -0.25) is 9.00 Å². The van der Waals surface area contributed by atoms with Gasteiger partial charge in [0.25, 0.3) is 0 Å². The van der Waals surface area contributed by atoms with Crippen molar-refractivity contribution in [3.63, 3.8) is 0 Å². The maximum atomic E-state index is 10.2. The van der Waals surface area contributed by atoms with Crippen LogP contribution in [0.2, 0.25) is 0 Å². The highest BCUT2D eigenvalue weighted by Gasteiger charge is 2.05. The van der Waals surface area contributed by atoms with Crippen molar-refractivity contribution in [2.45, 2.75) is 19.1 Å². The largest absolute Gasteiger partial charge is 0.772 e. The lowest BCUT2D eigenvalue weighted by Crippen LogP contribution is -2.18. The molecule has 0 aliphatic carbocycles. The Balaban J connectivity index is 3.83. The van der Waals surface area contributed by atoms with Crippen LogP contribution in [0.25, 0.3) is 0 Å². The number of hydrogen-bond donors (Lipinski definition) is 0. The summed E-state index contributed by atoms with van der Waals surface area (Å²) in [4.78, 5) is 10.2. The molecule has 2 unspecified atom stereocenters. The molecule has 0 aromatic heterocycles. The summed E-state index contributed by atoms with van der Waals surface area (Å²) < 4.78 is 19.8. The van der Waals surface area contributed by atoms with E-state index in [0.29, 0.717) is 0 Å². The molecule has 0 saturated heterocycles. The van der Waals surface area contributed by atoms with Crippen LogP contribution in [0.3, 0.4) is 0 Å². The molecule has 0 radical (unpaired) electrons. The fraction of sp³-hybridized carbons (Fsp3) is 0.750. The molecule has 0 heterocycles. The lowest BCUT2D eigenvalue weighted by molar-refractivity contribution is -0.116. The minimum Gasteiger partial charge on any atom is -0.772 e. The highest BCUT2D eigenvalue weighted by atomic mass is 32.2. The van der Waals surface area contributed by atoms with Crippen molar-refractivity contribution in [3.8, 4) is 0 Å². The molecule has 3 nitrogen and oxygen atoms in total. The van der Waals surface area contributed by atoms with E-state index in [1.807, 2.05) is 0 Å². The fourth-order valence-electron chi connectivity index (χ4n) is 0.136. The van der Waals surface area contributed by atoms with Crippen molar-refractivity contribution < 1.29 is 13.6 Å². The van der Waals surface area contributed by atoms with Gasteiger partial charge in [-0.2, -0.15) is 0 Å². The maximum absolute atomic E-state index is 10.2. The predicted octanol–water partition coefficient (Wildman–Crippen LogP) is -0.157. The van der Waals surface area contributed by atoms with E-state index in [-0.39, 0.29) is 5.78 Å². The van der Waals surface area contributed by atoms with Crippen LogP contribution in [0.4, 0.5) is 0 Å². The molecule has 0 aliphatic rings. The molecule has 0 aromatic carbocycles. The number of carbonyl (C=O) groups excluding carboxylic acids is 1. The molecule has 0 rings (SSSR count). The molecule has 0 N–H and O–H groups in total. The van der Waals surface area contributed by atoms with Crippen LogP contribution in [0, 0.1) is 0 Å². The first-order valence-electron chi connectivity index (χ1n) is 2.14. The van der Waals surface area contributed by atoms with Crippen molar-refractivity contribution in [3.05, 3.63) is 0 Å². The molecular formula is C4H7O3S-. The summed E-state index contributed by atoms with van der Waals surface area (Å²) in [5.74, 6) is -0.321.